The molecule has 2 rings (SSSR count). The van der Waals surface area contributed by atoms with E-state index in [9.17, 15) is 4.79 Å². The Hall–Kier alpha value is -1.88. The lowest BCUT2D eigenvalue weighted by molar-refractivity contribution is 0.0854. The topological polar surface area (TPSA) is 58.2 Å². The predicted octanol–water partition coefficient (Wildman–Crippen LogP) is 2.73. The van der Waals surface area contributed by atoms with Crippen LogP contribution >= 0.6 is 0 Å². The summed E-state index contributed by atoms with van der Waals surface area (Å²) >= 11 is 0. The van der Waals surface area contributed by atoms with E-state index in [2.05, 4.69) is 14.9 Å². The van der Waals surface area contributed by atoms with Crippen LogP contribution in [-0.2, 0) is 0 Å². The Morgan fingerprint density at radius 2 is 2.05 bits per heavy atom. The number of pyridine rings is 1. The van der Waals surface area contributed by atoms with Crippen molar-refractivity contribution >= 4 is 16.8 Å². The molecule has 0 unspecified atom stereocenters. The van der Waals surface area contributed by atoms with Crippen molar-refractivity contribution in [1.82, 2.24) is 14.9 Å². The van der Waals surface area contributed by atoms with Crippen LogP contribution in [0.4, 0.5) is 0 Å². The average molecular weight is 289 g/mol. The maximum atomic E-state index is 12.3. The predicted molar refractivity (Wildman–Crippen MR) is 83.9 cm³/mol. The molecule has 5 nitrogen and oxygen atoms in total. The number of ether oxygens (including phenoxy) is 1. The molecule has 2 aromatic rings. The van der Waals surface area contributed by atoms with Crippen LogP contribution in [0.5, 0.6) is 5.75 Å². The molecular formula is C16H23N3O2. The highest BCUT2D eigenvalue weighted by Crippen LogP contribution is 2.24. The van der Waals surface area contributed by atoms with Crippen molar-refractivity contribution in [3.05, 3.63) is 24.0 Å². The van der Waals surface area contributed by atoms with E-state index in [1.165, 1.54) is 0 Å². The molecule has 0 aliphatic rings. The molecule has 0 spiro atoms. The fraction of sp³-hybridized carbons (Fsp3) is 0.500. The van der Waals surface area contributed by atoms with Crippen molar-refractivity contribution in [2.75, 3.05) is 27.2 Å². The monoisotopic (exact) mass is 289 g/mol. The third-order valence-electron chi connectivity index (χ3n) is 3.18. The van der Waals surface area contributed by atoms with Crippen molar-refractivity contribution in [1.29, 1.82) is 0 Å². The first-order valence-corrected chi connectivity index (χ1v) is 7.08. The van der Waals surface area contributed by atoms with E-state index < -0.39 is 5.41 Å². The van der Waals surface area contributed by atoms with Crippen LogP contribution < -0.4 is 4.74 Å². The summed E-state index contributed by atoms with van der Waals surface area (Å²) in [7, 11) is 4.00. The van der Waals surface area contributed by atoms with Gasteiger partial charge < -0.3 is 14.6 Å². The van der Waals surface area contributed by atoms with Gasteiger partial charge in [0.25, 0.3) is 0 Å². The number of carbonyl (C=O) groups excluding carboxylic acids is 1. The number of ketones is 1. The van der Waals surface area contributed by atoms with Crippen LogP contribution in [0.15, 0.2) is 18.3 Å². The maximum Gasteiger partial charge on any atom is 0.184 e. The summed E-state index contributed by atoms with van der Waals surface area (Å²) in [5.74, 6) is 0.800. The largest absolute Gasteiger partial charge is 0.491 e. The van der Waals surface area contributed by atoms with E-state index in [0.29, 0.717) is 17.9 Å². The van der Waals surface area contributed by atoms with Crippen LogP contribution in [0.3, 0.4) is 0 Å². The number of rotatable bonds is 5. The molecule has 21 heavy (non-hydrogen) atoms. The number of hydrogen-bond donors (Lipinski definition) is 1. The van der Waals surface area contributed by atoms with Gasteiger partial charge in [0, 0.05) is 17.3 Å². The Balaban J connectivity index is 2.18. The quantitative estimate of drug-likeness (QED) is 0.860. The third kappa shape index (κ3) is 3.82. The molecule has 0 saturated carbocycles. The SMILES string of the molecule is CN(C)CCOc1cnc2[nH]c(C(=O)C(C)(C)C)cc2c1. The number of hydrogen-bond acceptors (Lipinski definition) is 4. The molecule has 114 valence electrons. The van der Waals surface area contributed by atoms with Gasteiger partial charge in [-0.15, -0.1) is 0 Å². The van der Waals surface area contributed by atoms with Gasteiger partial charge in [-0.3, -0.25) is 4.79 Å². The molecule has 2 heterocycles. The van der Waals surface area contributed by atoms with Crippen molar-refractivity contribution in [3.8, 4) is 5.75 Å². The van der Waals surface area contributed by atoms with Crippen molar-refractivity contribution in [3.63, 3.8) is 0 Å². The highest BCUT2D eigenvalue weighted by Gasteiger charge is 2.24. The molecular weight excluding hydrogens is 266 g/mol. The molecule has 0 bridgehead atoms. The summed E-state index contributed by atoms with van der Waals surface area (Å²) in [6.07, 6.45) is 1.68. The Labute approximate surface area is 125 Å². The van der Waals surface area contributed by atoms with Crippen LogP contribution in [0, 0.1) is 5.41 Å². The second-order valence-corrected chi connectivity index (χ2v) is 6.52. The van der Waals surface area contributed by atoms with Gasteiger partial charge in [-0.25, -0.2) is 4.98 Å². The van der Waals surface area contributed by atoms with Gasteiger partial charge in [-0.1, -0.05) is 20.8 Å². The number of likely N-dealkylation sites (N-methyl/N-ethyl adjacent to an activating group) is 1. The molecule has 2 aromatic heterocycles. The lowest BCUT2D eigenvalue weighted by atomic mass is 9.89. The van der Waals surface area contributed by atoms with Gasteiger partial charge in [-0.2, -0.15) is 0 Å². The molecule has 5 heteroatoms. The normalized spacial score (nSPS) is 12.1. The van der Waals surface area contributed by atoms with E-state index >= 15 is 0 Å². The Bertz CT molecular complexity index is 638. The first-order valence-electron chi connectivity index (χ1n) is 7.08. The molecule has 0 amide bonds. The zero-order valence-corrected chi connectivity index (χ0v) is 13.4. The third-order valence-corrected chi connectivity index (χ3v) is 3.18. The zero-order chi connectivity index (χ0) is 15.6. The molecule has 0 saturated heterocycles. The molecule has 0 fully saturated rings. The fourth-order valence-corrected chi connectivity index (χ4v) is 1.95. The average Bonchev–Trinajstić information content (AvgIpc) is 2.79. The minimum atomic E-state index is -0.411. The van der Waals surface area contributed by atoms with Crippen molar-refractivity contribution in [2.45, 2.75) is 20.8 Å². The number of nitrogens with one attached hydrogen (secondary N) is 1. The van der Waals surface area contributed by atoms with E-state index in [1.54, 1.807) is 6.20 Å². The summed E-state index contributed by atoms with van der Waals surface area (Å²) in [4.78, 5) is 21.7. The summed E-state index contributed by atoms with van der Waals surface area (Å²) in [6, 6.07) is 3.75. The van der Waals surface area contributed by atoms with Gasteiger partial charge in [0.1, 0.15) is 18.0 Å². The van der Waals surface area contributed by atoms with E-state index in [0.717, 1.165) is 17.7 Å². The maximum absolute atomic E-state index is 12.3. The van der Waals surface area contributed by atoms with Crippen molar-refractivity contribution in [2.24, 2.45) is 5.41 Å². The van der Waals surface area contributed by atoms with Gasteiger partial charge >= 0.3 is 0 Å². The van der Waals surface area contributed by atoms with Gasteiger partial charge in [-0.05, 0) is 26.2 Å². The molecule has 0 radical (unpaired) electrons. The summed E-state index contributed by atoms with van der Waals surface area (Å²) < 4.78 is 5.66. The number of aromatic nitrogens is 2. The smallest absolute Gasteiger partial charge is 0.184 e. The number of Topliss-reactive ketones (excluding diaryl/α,β-unsaturated/α-hetero) is 1. The highest BCUT2D eigenvalue weighted by atomic mass is 16.5. The number of nitrogens with zero attached hydrogens (tertiary/aromatic N) is 2. The van der Waals surface area contributed by atoms with Gasteiger partial charge in [0.2, 0.25) is 0 Å². The zero-order valence-electron chi connectivity index (χ0n) is 13.4. The number of fused-ring (bicyclic) bond motifs is 1. The molecule has 1 N–H and O–H groups in total. The van der Waals surface area contributed by atoms with E-state index in [-0.39, 0.29) is 5.78 Å². The standard InChI is InChI=1S/C16H23N3O2/c1-16(2,3)14(20)13-9-11-8-12(10-17-15(11)18-13)21-7-6-19(4)5/h8-10H,6-7H2,1-5H3,(H,17,18). The van der Waals surface area contributed by atoms with E-state index in [4.69, 9.17) is 4.74 Å². The summed E-state index contributed by atoms with van der Waals surface area (Å²) in [5.41, 5.74) is 0.893. The van der Waals surface area contributed by atoms with Crippen LogP contribution in [0.25, 0.3) is 11.0 Å². The van der Waals surface area contributed by atoms with Crippen LogP contribution in [-0.4, -0.2) is 47.9 Å². The van der Waals surface area contributed by atoms with E-state index in [1.807, 2.05) is 47.0 Å². The second-order valence-electron chi connectivity index (χ2n) is 6.52. The number of aromatic amines is 1. The minimum absolute atomic E-state index is 0.0792. The molecule has 0 aromatic carbocycles. The van der Waals surface area contributed by atoms with Gasteiger partial charge in [0.05, 0.1) is 11.9 Å². The summed E-state index contributed by atoms with van der Waals surface area (Å²) in [5, 5.41) is 0.893. The fourth-order valence-electron chi connectivity index (χ4n) is 1.95. The highest BCUT2D eigenvalue weighted by molar-refractivity contribution is 6.01. The lowest BCUT2D eigenvalue weighted by Gasteiger charge is -2.14. The van der Waals surface area contributed by atoms with Crippen molar-refractivity contribution < 1.29 is 9.53 Å². The van der Waals surface area contributed by atoms with Gasteiger partial charge in [0.15, 0.2) is 5.78 Å². The first kappa shape index (κ1) is 15.5. The lowest BCUT2D eigenvalue weighted by Crippen LogP contribution is -2.20. The number of carbonyl (C=O) groups is 1. The second kappa shape index (κ2) is 5.85. The minimum Gasteiger partial charge on any atom is -0.491 e. The molecule has 0 aliphatic heterocycles. The van der Waals surface area contributed by atoms with Crippen LogP contribution in [0.1, 0.15) is 31.3 Å². The Morgan fingerprint density at radius 3 is 2.67 bits per heavy atom. The Morgan fingerprint density at radius 1 is 1.33 bits per heavy atom. The summed E-state index contributed by atoms with van der Waals surface area (Å²) in [6.45, 7) is 7.18. The molecule has 0 aliphatic carbocycles. The first-order chi connectivity index (χ1) is 9.77. The number of H-pyrrole nitrogens is 1. The molecule has 0 atom stereocenters. The van der Waals surface area contributed by atoms with Crippen LogP contribution in [0.2, 0.25) is 0 Å². The Kier molecular flexibility index (Phi) is 4.32.